The van der Waals surface area contributed by atoms with Gasteiger partial charge in [0, 0.05) is 0 Å². The summed E-state index contributed by atoms with van der Waals surface area (Å²) in [6, 6.07) is 5.43. The first-order valence-electron chi connectivity index (χ1n) is 5.97. The Morgan fingerprint density at radius 2 is 1.48 bits per heavy atom. The van der Waals surface area contributed by atoms with Gasteiger partial charge in [-0.15, -0.1) is 0 Å². The lowest BCUT2D eigenvalue weighted by Crippen LogP contribution is -2.07. The first-order valence-corrected chi connectivity index (χ1v) is 5.97. The normalized spacial score (nSPS) is 11.0. The van der Waals surface area contributed by atoms with Crippen LogP contribution >= 0.6 is 0 Å². The zero-order valence-electron chi connectivity index (χ0n) is 11.1. The van der Waals surface area contributed by atoms with Gasteiger partial charge in [0.1, 0.15) is 0 Å². The van der Waals surface area contributed by atoms with E-state index in [0.717, 1.165) is 0 Å². The number of rotatable bonds is 4. The molecule has 0 aliphatic rings. The quantitative estimate of drug-likeness (QED) is 0.296. The number of hydrogen-bond acceptors (Lipinski definition) is 3. The molecule has 4 nitrogen and oxygen atoms in total. The average molecular weight is 330 g/mol. The van der Waals surface area contributed by atoms with Crippen molar-refractivity contribution in [2.75, 3.05) is 5.43 Å². The molecular formula is C14H7F5N2O2. The Morgan fingerprint density at radius 1 is 0.957 bits per heavy atom. The van der Waals surface area contributed by atoms with E-state index < -0.39 is 40.6 Å². The van der Waals surface area contributed by atoms with Gasteiger partial charge in [-0.05, 0) is 12.1 Å². The molecule has 0 aliphatic heterocycles. The first kappa shape index (κ1) is 16.4. The van der Waals surface area contributed by atoms with Crippen molar-refractivity contribution in [1.82, 2.24) is 0 Å². The van der Waals surface area contributed by atoms with Crippen LogP contribution in [0.15, 0.2) is 29.4 Å². The summed E-state index contributed by atoms with van der Waals surface area (Å²) in [4.78, 5) is 10.9. The summed E-state index contributed by atoms with van der Waals surface area (Å²) < 4.78 is 65.7. The van der Waals surface area contributed by atoms with Gasteiger partial charge < -0.3 is 5.11 Å². The van der Waals surface area contributed by atoms with Gasteiger partial charge in [0.25, 0.3) is 0 Å². The van der Waals surface area contributed by atoms with E-state index in [1.54, 1.807) is 0 Å². The van der Waals surface area contributed by atoms with Crippen molar-refractivity contribution in [3.8, 4) is 0 Å². The highest BCUT2D eigenvalue weighted by molar-refractivity contribution is 5.94. The van der Waals surface area contributed by atoms with Crippen LogP contribution in [0, 0.1) is 29.1 Å². The van der Waals surface area contributed by atoms with Crippen LogP contribution in [0.1, 0.15) is 15.9 Å². The number of carboxylic acids is 1. The van der Waals surface area contributed by atoms with Gasteiger partial charge in [0.2, 0.25) is 5.82 Å². The molecule has 2 N–H and O–H groups in total. The predicted molar refractivity (Wildman–Crippen MR) is 70.8 cm³/mol. The summed E-state index contributed by atoms with van der Waals surface area (Å²) in [6.45, 7) is 0. The summed E-state index contributed by atoms with van der Waals surface area (Å²) in [6.07, 6.45) is 0.370. The van der Waals surface area contributed by atoms with Crippen molar-refractivity contribution >= 4 is 17.9 Å². The topological polar surface area (TPSA) is 61.7 Å². The van der Waals surface area contributed by atoms with E-state index in [2.05, 4.69) is 10.5 Å². The Hall–Kier alpha value is -2.97. The van der Waals surface area contributed by atoms with Crippen LogP contribution in [-0.4, -0.2) is 17.3 Å². The van der Waals surface area contributed by atoms with Crippen LogP contribution < -0.4 is 5.43 Å². The van der Waals surface area contributed by atoms with Gasteiger partial charge >= 0.3 is 5.97 Å². The number of para-hydroxylation sites is 1. The molecule has 0 heterocycles. The largest absolute Gasteiger partial charge is 0.478 e. The van der Waals surface area contributed by atoms with Crippen LogP contribution in [0.2, 0.25) is 0 Å². The molecule has 2 rings (SSSR count). The van der Waals surface area contributed by atoms with E-state index in [1.165, 1.54) is 24.3 Å². The minimum absolute atomic E-state index is 0.0277. The third-order valence-electron chi connectivity index (χ3n) is 2.78. The smallest absolute Gasteiger partial charge is 0.337 e. The van der Waals surface area contributed by atoms with Crippen molar-refractivity contribution in [3.05, 3.63) is 64.5 Å². The van der Waals surface area contributed by atoms with Crippen molar-refractivity contribution in [3.63, 3.8) is 0 Å². The van der Waals surface area contributed by atoms with Gasteiger partial charge in [0.05, 0.1) is 23.0 Å². The number of benzene rings is 2. The van der Waals surface area contributed by atoms with Crippen LogP contribution in [0.25, 0.3) is 0 Å². The van der Waals surface area contributed by atoms with Crippen LogP contribution in [0.3, 0.4) is 0 Å². The van der Waals surface area contributed by atoms with Crippen LogP contribution in [0.4, 0.5) is 27.6 Å². The molecule has 0 unspecified atom stereocenters. The second-order valence-electron chi connectivity index (χ2n) is 4.20. The summed E-state index contributed by atoms with van der Waals surface area (Å²) in [5.41, 5.74) is 0.699. The Labute approximate surface area is 125 Å². The third-order valence-corrected chi connectivity index (χ3v) is 2.78. The number of anilines is 1. The maximum Gasteiger partial charge on any atom is 0.337 e. The maximum absolute atomic E-state index is 13.4. The van der Waals surface area contributed by atoms with Crippen LogP contribution in [-0.2, 0) is 0 Å². The van der Waals surface area contributed by atoms with Crippen molar-refractivity contribution in [1.29, 1.82) is 0 Å². The second kappa shape index (κ2) is 6.42. The van der Waals surface area contributed by atoms with Gasteiger partial charge in [-0.3, -0.25) is 5.43 Å². The lowest BCUT2D eigenvalue weighted by Gasteiger charge is -2.06. The summed E-state index contributed by atoms with van der Waals surface area (Å²) >= 11 is 0. The molecule has 0 aliphatic carbocycles. The Bertz CT molecular complexity index is 779. The molecule has 2 aromatic carbocycles. The average Bonchev–Trinajstić information content (AvgIpc) is 2.54. The van der Waals surface area contributed by atoms with E-state index in [9.17, 15) is 26.7 Å². The minimum Gasteiger partial charge on any atom is -0.478 e. The van der Waals surface area contributed by atoms with Crippen molar-refractivity contribution in [2.45, 2.75) is 0 Å². The zero-order chi connectivity index (χ0) is 17.1. The molecule has 0 amide bonds. The number of carboxylic acid groups (broad SMARTS) is 1. The van der Waals surface area contributed by atoms with Crippen molar-refractivity contribution in [2.24, 2.45) is 5.10 Å². The number of halogens is 5. The number of hydrazone groups is 1. The SMILES string of the molecule is O=C(O)c1ccccc1NN=Cc1c(F)c(F)c(F)c(F)c1F. The summed E-state index contributed by atoms with van der Waals surface area (Å²) in [5, 5.41) is 12.2. The zero-order valence-corrected chi connectivity index (χ0v) is 11.1. The van der Waals surface area contributed by atoms with E-state index in [1.807, 2.05) is 0 Å². The predicted octanol–water partition coefficient (Wildman–Crippen LogP) is 3.53. The van der Waals surface area contributed by atoms with E-state index in [-0.39, 0.29) is 11.3 Å². The molecule has 0 bridgehead atoms. The second-order valence-corrected chi connectivity index (χ2v) is 4.20. The molecule has 0 spiro atoms. The highest BCUT2D eigenvalue weighted by Crippen LogP contribution is 2.22. The molecule has 23 heavy (non-hydrogen) atoms. The maximum atomic E-state index is 13.4. The standard InChI is InChI=1S/C14H7F5N2O2/c15-9-7(10(16)12(18)13(19)11(9)17)5-20-21-8-4-2-1-3-6(8)14(22)23/h1-5,21H,(H,22,23). The fourth-order valence-electron chi connectivity index (χ4n) is 1.67. The molecule has 0 saturated carbocycles. The van der Waals surface area contributed by atoms with Gasteiger partial charge in [-0.25, -0.2) is 26.7 Å². The minimum atomic E-state index is -2.28. The Kier molecular flexibility index (Phi) is 4.58. The summed E-state index contributed by atoms with van der Waals surface area (Å²) in [5.74, 6) is -11.9. The van der Waals surface area contributed by atoms with E-state index in [0.29, 0.717) is 6.21 Å². The number of nitrogens with zero attached hydrogens (tertiary/aromatic N) is 1. The molecule has 0 atom stereocenters. The molecule has 0 saturated heterocycles. The fraction of sp³-hybridized carbons (Fsp3) is 0. The number of nitrogens with one attached hydrogen (secondary N) is 1. The van der Waals surface area contributed by atoms with Crippen LogP contribution in [0.5, 0.6) is 0 Å². The highest BCUT2D eigenvalue weighted by atomic mass is 19.2. The highest BCUT2D eigenvalue weighted by Gasteiger charge is 2.24. The van der Waals surface area contributed by atoms with E-state index >= 15 is 0 Å². The first-order chi connectivity index (χ1) is 10.8. The number of hydrogen-bond donors (Lipinski definition) is 2. The molecule has 9 heteroatoms. The van der Waals surface area contributed by atoms with Gasteiger partial charge in [-0.1, -0.05) is 12.1 Å². The Morgan fingerprint density at radius 3 is 2.04 bits per heavy atom. The van der Waals surface area contributed by atoms with Gasteiger partial charge in [-0.2, -0.15) is 5.10 Å². The molecule has 0 radical (unpaired) electrons. The summed E-state index contributed by atoms with van der Waals surface area (Å²) in [7, 11) is 0. The fourth-order valence-corrected chi connectivity index (χ4v) is 1.67. The molecule has 2 aromatic rings. The monoisotopic (exact) mass is 330 g/mol. The molecule has 120 valence electrons. The lowest BCUT2D eigenvalue weighted by atomic mass is 10.2. The molecule has 0 fully saturated rings. The molecular weight excluding hydrogens is 323 g/mol. The van der Waals surface area contributed by atoms with Crippen molar-refractivity contribution < 1.29 is 31.9 Å². The number of carbonyl (C=O) groups is 1. The van der Waals surface area contributed by atoms with E-state index in [4.69, 9.17) is 5.11 Å². The molecule has 0 aromatic heterocycles. The third kappa shape index (κ3) is 3.12. The lowest BCUT2D eigenvalue weighted by molar-refractivity contribution is 0.0698. The van der Waals surface area contributed by atoms with Gasteiger partial charge in [0.15, 0.2) is 23.3 Å². The number of aromatic carboxylic acids is 1. The Balaban J connectivity index is 2.35.